The molecule has 1 N–H and O–H groups in total. The number of methoxy groups -OCH3 is 1. The predicted octanol–water partition coefficient (Wildman–Crippen LogP) is 4.93. The van der Waals surface area contributed by atoms with Crippen molar-refractivity contribution >= 4 is 40.6 Å². The summed E-state index contributed by atoms with van der Waals surface area (Å²) in [5, 5.41) is 14.3. The fourth-order valence-corrected chi connectivity index (χ4v) is 3.18. The summed E-state index contributed by atoms with van der Waals surface area (Å²) in [7, 11) is 1.51. The average molecular weight is 426 g/mol. The smallest absolute Gasteiger partial charge is 0.266 e. The van der Waals surface area contributed by atoms with Gasteiger partial charge in [-0.15, -0.1) is 11.3 Å². The van der Waals surface area contributed by atoms with Crippen LogP contribution >= 0.6 is 22.9 Å². The minimum Gasteiger partial charge on any atom is -0.495 e. The third-order valence-corrected chi connectivity index (χ3v) is 4.77. The van der Waals surface area contributed by atoms with Crippen LogP contribution in [0.4, 0.5) is 5.69 Å². The first kappa shape index (κ1) is 20.4. The van der Waals surface area contributed by atoms with Crippen LogP contribution in [0.1, 0.15) is 11.3 Å². The van der Waals surface area contributed by atoms with Gasteiger partial charge < -0.3 is 14.8 Å². The van der Waals surface area contributed by atoms with Crippen LogP contribution in [0.3, 0.4) is 0 Å². The molecule has 0 aliphatic rings. The summed E-state index contributed by atoms with van der Waals surface area (Å²) in [5.74, 6) is 0.640. The predicted molar refractivity (Wildman–Crippen MR) is 113 cm³/mol. The van der Waals surface area contributed by atoms with Gasteiger partial charge in [0.2, 0.25) is 0 Å². The normalized spacial score (nSPS) is 10.9. The number of thiazole rings is 1. The second-order valence-corrected chi connectivity index (χ2v) is 6.94. The van der Waals surface area contributed by atoms with E-state index in [9.17, 15) is 10.1 Å². The maximum absolute atomic E-state index is 12.4. The van der Waals surface area contributed by atoms with Crippen molar-refractivity contribution < 1.29 is 14.3 Å². The quantitative estimate of drug-likeness (QED) is 0.428. The lowest BCUT2D eigenvalue weighted by atomic mass is 10.1. The van der Waals surface area contributed by atoms with Gasteiger partial charge in [0.25, 0.3) is 5.91 Å². The second-order valence-electron chi connectivity index (χ2n) is 5.81. The Kier molecular flexibility index (Phi) is 6.85. The molecular weight excluding hydrogens is 410 g/mol. The number of anilines is 1. The van der Waals surface area contributed by atoms with Crippen LogP contribution in [0, 0.1) is 11.3 Å². The van der Waals surface area contributed by atoms with E-state index in [-0.39, 0.29) is 5.57 Å². The molecule has 0 radical (unpaired) electrons. The summed E-state index contributed by atoms with van der Waals surface area (Å²) in [6.07, 6.45) is 1.50. The Bertz CT molecular complexity index is 1060. The molecule has 146 valence electrons. The molecule has 8 heteroatoms. The van der Waals surface area contributed by atoms with Crippen LogP contribution in [0.15, 0.2) is 58.9 Å². The number of rotatable bonds is 7. The van der Waals surface area contributed by atoms with Crippen molar-refractivity contribution in [2.75, 3.05) is 12.4 Å². The lowest BCUT2D eigenvalue weighted by molar-refractivity contribution is -0.112. The van der Waals surface area contributed by atoms with Gasteiger partial charge in [-0.25, -0.2) is 4.98 Å². The number of hydrogen-bond donors (Lipinski definition) is 1. The lowest BCUT2D eigenvalue weighted by Crippen LogP contribution is -2.13. The first-order valence-corrected chi connectivity index (χ1v) is 9.77. The molecule has 1 amide bonds. The van der Waals surface area contributed by atoms with E-state index in [0.29, 0.717) is 34.4 Å². The number of carbonyl (C=O) groups excluding carboxylic acids is 1. The first-order valence-electron chi connectivity index (χ1n) is 8.45. The molecule has 0 saturated heterocycles. The number of benzene rings is 2. The van der Waals surface area contributed by atoms with Gasteiger partial charge in [-0.3, -0.25) is 4.79 Å². The summed E-state index contributed by atoms with van der Waals surface area (Å²) in [4.78, 5) is 16.6. The Balaban J connectivity index is 1.66. The third kappa shape index (κ3) is 5.57. The molecular formula is C21H16ClN3O3S. The standard InChI is InChI=1S/C21H16ClN3O3S/c1-27-20-7-4-16(9-19(20)22)25-21(26)15(10-23)8-14-2-5-18(6-3-14)28-11-17-12-29-13-24-17/h2-9,12-13H,11H2,1H3,(H,25,26)/b15-8+. The largest absolute Gasteiger partial charge is 0.495 e. The summed E-state index contributed by atoms with van der Waals surface area (Å²) in [6.45, 7) is 0.384. The molecule has 1 heterocycles. The highest BCUT2D eigenvalue weighted by atomic mass is 35.5. The Morgan fingerprint density at radius 2 is 2.10 bits per heavy atom. The number of carbonyl (C=O) groups is 1. The van der Waals surface area contributed by atoms with Gasteiger partial charge in [-0.05, 0) is 42.0 Å². The Morgan fingerprint density at radius 3 is 2.72 bits per heavy atom. The molecule has 0 fully saturated rings. The van der Waals surface area contributed by atoms with Crippen LogP contribution < -0.4 is 14.8 Å². The number of hydrogen-bond acceptors (Lipinski definition) is 6. The Labute approximate surface area is 177 Å². The van der Waals surface area contributed by atoms with Crippen molar-refractivity contribution in [2.24, 2.45) is 0 Å². The number of nitrogens with one attached hydrogen (secondary N) is 1. The monoisotopic (exact) mass is 425 g/mol. The molecule has 3 aromatic rings. The topological polar surface area (TPSA) is 84.2 Å². The van der Waals surface area contributed by atoms with Crippen molar-refractivity contribution in [1.29, 1.82) is 5.26 Å². The number of aromatic nitrogens is 1. The Morgan fingerprint density at radius 1 is 1.31 bits per heavy atom. The number of nitriles is 1. The van der Waals surface area contributed by atoms with Crippen molar-refractivity contribution in [3.8, 4) is 17.6 Å². The molecule has 0 bridgehead atoms. The first-order chi connectivity index (χ1) is 14.1. The zero-order chi connectivity index (χ0) is 20.6. The summed E-state index contributed by atoms with van der Waals surface area (Å²) in [6, 6.07) is 13.8. The minimum absolute atomic E-state index is 0.0342. The van der Waals surface area contributed by atoms with Gasteiger partial charge in [0.15, 0.2) is 0 Å². The van der Waals surface area contributed by atoms with Crippen molar-refractivity contribution in [3.05, 3.63) is 75.2 Å². The Hall–Kier alpha value is -3.34. The second kappa shape index (κ2) is 9.73. The van der Waals surface area contributed by atoms with Gasteiger partial charge in [0, 0.05) is 11.1 Å². The molecule has 0 unspecified atom stereocenters. The summed E-state index contributed by atoms with van der Waals surface area (Å²) < 4.78 is 10.7. The van der Waals surface area contributed by atoms with Gasteiger partial charge >= 0.3 is 0 Å². The third-order valence-electron chi connectivity index (χ3n) is 3.84. The van der Waals surface area contributed by atoms with Crippen LogP contribution in [-0.4, -0.2) is 18.0 Å². The highest BCUT2D eigenvalue weighted by molar-refractivity contribution is 7.07. The van der Waals surface area contributed by atoms with E-state index in [2.05, 4.69) is 10.3 Å². The minimum atomic E-state index is -0.530. The molecule has 0 aliphatic carbocycles. The molecule has 2 aromatic carbocycles. The number of nitrogens with zero attached hydrogens (tertiary/aromatic N) is 2. The maximum atomic E-state index is 12.4. The fourth-order valence-electron chi connectivity index (χ4n) is 2.38. The molecule has 1 aromatic heterocycles. The molecule has 0 aliphatic heterocycles. The highest BCUT2D eigenvalue weighted by Crippen LogP contribution is 2.27. The molecule has 0 saturated carbocycles. The van der Waals surface area contributed by atoms with Crippen LogP contribution in [-0.2, 0) is 11.4 Å². The van der Waals surface area contributed by atoms with E-state index >= 15 is 0 Å². The van der Waals surface area contributed by atoms with Crippen molar-refractivity contribution in [2.45, 2.75) is 6.61 Å². The molecule has 6 nitrogen and oxygen atoms in total. The number of ether oxygens (including phenoxy) is 2. The van der Waals surface area contributed by atoms with Crippen LogP contribution in [0.2, 0.25) is 5.02 Å². The van der Waals surface area contributed by atoms with Crippen LogP contribution in [0.5, 0.6) is 11.5 Å². The van der Waals surface area contributed by atoms with E-state index in [1.165, 1.54) is 24.5 Å². The zero-order valence-electron chi connectivity index (χ0n) is 15.4. The van der Waals surface area contributed by atoms with Crippen molar-refractivity contribution in [1.82, 2.24) is 4.98 Å². The van der Waals surface area contributed by atoms with Gasteiger partial charge in [0.1, 0.15) is 29.7 Å². The summed E-state index contributed by atoms with van der Waals surface area (Å²) >= 11 is 7.57. The van der Waals surface area contributed by atoms with Gasteiger partial charge in [-0.1, -0.05) is 23.7 Å². The van der Waals surface area contributed by atoms with E-state index in [4.69, 9.17) is 21.1 Å². The van der Waals surface area contributed by atoms with E-state index in [1.54, 1.807) is 48.0 Å². The van der Waals surface area contributed by atoms with E-state index in [0.717, 1.165) is 5.69 Å². The average Bonchev–Trinajstić information content (AvgIpc) is 3.25. The highest BCUT2D eigenvalue weighted by Gasteiger charge is 2.11. The van der Waals surface area contributed by atoms with Gasteiger partial charge in [0.05, 0.1) is 23.3 Å². The zero-order valence-corrected chi connectivity index (χ0v) is 17.0. The molecule has 0 spiro atoms. The molecule has 0 atom stereocenters. The van der Waals surface area contributed by atoms with Gasteiger partial charge in [-0.2, -0.15) is 5.26 Å². The molecule has 29 heavy (non-hydrogen) atoms. The van der Waals surface area contributed by atoms with Crippen molar-refractivity contribution in [3.63, 3.8) is 0 Å². The molecule has 3 rings (SSSR count). The number of amides is 1. The lowest BCUT2D eigenvalue weighted by Gasteiger charge is -2.08. The van der Waals surface area contributed by atoms with Crippen LogP contribution in [0.25, 0.3) is 6.08 Å². The SMILES string of the molecule is COc1ccc(NC(=O)/C(C#N)=C/c2ccc(OCc3cscn3)cc2)cc1Cl. The number of halogens is 1. The fraction of sp³-hybridized carbons (Fsp3) is 0.0952. The maximum Gasteiger partial charge on any atom is 0.266 e. The van der Waals surface area contributed by atoms with E-state index in [1.807, 2.05) is 11.4 Å². The summed E-state index contributed by atoms with van der Waals surface area (Å²) in [5.41, 5.74) is 3.74. The van der Waals surface area contributed by atoms with E-state index < -0.39 is 5.91 Å².